The second-order valence-corrected chi connectivity index (χ2v) is 5.33. The Hall–Kier alpha value is -0.610. The van der Waals surface area contributed by atoms with Crippen molar-refractivity contribution in [3.63, 3.8) is 0 Å². The molecule has 3 N–H and O–H groups in total. The number of carbonyl (C=O) groups is 1. The first kappa shape index (κ1) is 11.9. The van der Waals surface area contributed by atoms with Crippen molar-refractivity contribution < 1.29 is 4.79 Å². The first-order chi connectivity index (χ1) is 7.59. The standard InChI is InChI=1S/C12H23N3O/c1-3-6-14-12(11(13)16)7-9(2)15(8-12)10-4-5-10/h9-10,14H,3-8H2,1-2H3,(H2,13,16). The summed E-state index contributed by atoms with van der Waals surface area (Å²) >= 11 is 0. The van der Waals surface area contributed by atoms with Gasteiger partial charge in [0.15, 0.2) is 0 Å². The number of amides is 1. The van der Waals surface area contributed by atoms with Crippen molar-refractivity contribution in [1.29, 1.82) is 0 Å². The molecular weight excluding hydrogens is 202 g/mol. The van der Waals surface area contributed by atoms with Crippen LogP contribution >= 0.6 is 0 Å². The van der Waals surface area contributed by atoms with Crippen molar-refractivity contribution in [2.24, 2.45) is 5.73 Å². The lowest BCUT2D eigenvalue weighted by atomic mass is 9.95. The summed E-state index contributed by atoms with van der Waals surface area (Å²) in [5.41, 5.74) is 5.12. The van der Waals surface area contributed by atoms with E-state index < -0.39 is 5.54 Å². The molecule has 0 radical (unpaired) electrons. The van der Waals surface area contributed by atoms with Gasteiger partial charge in [0.25, 0.3) is 0 Å². The molecule has 1 heterocycles. The largest absolute Gasteiger partial charge is 0.368 e. The van der Waals surface area contributed by atoms with E-state index in [0.717, 1.165) is 25.9 Å². The van der Waals surface area contributed by atoms with Crippen LogP contribution < -0.4 is 11.1 Å². The Balaban J connectivity index is 2.06. The normalized spacial score (nSPS) is 35.5. The molecule has 1 amide bonds. The Morgan fingerprint density at radius 1 is 1.56 bits per heavy atom. The quantitative estimate of drug-likeness (QED) is 0.715. The lowest BCUT2D eigenvalue weighted by molar-refractivity contribution is -0.124. The number of nitrogens with two attached hydrogens (primary N) is 1. The van der Waals surface area contributed by atoms with Crippen molar-refractivity contribution >= 4 is 5.91 Å². The summed E-state index contributed by atoms with van der Waals surface area (Å²) in [7, 11) is 0. The maximum atomic E-state index is 11.7. The van der Waals surface area contributed by atoms with Crippen LogP contribution in [0.4, 0.5) is 0 Å². The third-order valence-corrected chi connectivity index (χ3v) is 3.86. The zero-order chi connectivity index (χ0) is 11.8. The fourth-order valence-corrected chi connectivity index (χ4v) is 2.81. The van der Waals surface area contributed by atoms with E-state index in [1.807, 2.05) is 0 Å². The molecule has 0 aromatic heterocycles. The van der Waals surface area contributed by atoms with Gasteiger partial charge < -0.3 is 11.1 Å². The van der Waals surface area contributed by atoms with Crippen LogP contribution in [0, 0.1) is 0 Å². The van der Waals surface area contributed by atoms with Crippen LogP contribution in [-0.2, 0) is 4.79 Å². The number of hydrogen-bond donors (Lipinski definition) is 2. The SMILES string of the molecule is CCCNC1(C(N)=O)CC(C)N(C2CC2)C1. The van der Waals surface area contributed by atoms with Crippen molar-refractivity contribution in [1.82, 2.24) is 10.2 Å². The van der Waals surface area contributed by atoms with E-state index in [0.29, 0.717) is 12.1 Å². The molecule has 16 heavy (non-hydrogen) atoms. The topological polar surface area (TPSA) is 58.4 Å². The van der Waals surface area contributed by atoms with Gasteiger partial charge in [-0.2, -0.15) is 0 Å². The third-order valence-electron chi connectivity index (χ3n) is 3.86. The van der Waals surface area contributed by atoms with Gasteiger partial charge in [-0.15, -0.1) is 0 Å². The molecule has 4 nitrogen and oxygen atoms in total. The number of hydrogen-bond acceptors (Lipinski definition) is 3. The number of carbonyl (C=O) groups excluding carboxylic acids is 1. The summed E-state index contributed by atoms with van der Waals surface area (Å²) in [6.07, 6.45) is 4.46. The molecule has 1 aliphatic heterocycles. The van der Waals surface area contributed by atoms with Gasteiger partial charge in [0.2, 0.25) is 5.91 Å². The summed E-state index contributed by atoms with van der Waals surface area (Å²) in [6, 6.07) is 1.18. The predicted octanol–water partition coefficient (Wildman–Crippen LogP) is 0.467. The summed E-state index contributed by atoms with van der Waals surface area (Å²) in [4.78, 5) is 14.1. The van der Waals surface area contributed by atoms with Gasteiger partial charge in [-0.25, -0.2) is 0 Å². The summed E-state index contributed by atoms with van der Waals surface area (Å²) in [5, 5.41) is 3.37. The molecule has 4 heteroatoms. The zero-order valence-corrected chi connectivity index (χ0v) is 10.3. The number of nitrogens with zero attached hydrogens (tertiary/aromatic N) is 1. The Bertz CT molecular complexity index is 277. The van der Waals surface area contributed by atoms with Crippen molar-refractivity contribution in [2.45, 2.75) is 57.2 Å². The van der Waals surface area contributed by atoms with Gasteiger partial charge in [0.1, 0.15) is 5.54 Å². The van der Waals surface area contributed by atoms with Gasteiger partial charge in [-0.3, -0.25) is 9.69 Å². The molecule has 1 saturated carbocycles. The minimum Gasteiger partial charge on any atom is -0.368 e. The summed E-state index contributed by atoms with van der Waals surface area (Å²) in [6.45, 7) is 5.98. The smallest absolute Gasteiger partial charge is 0.239 e. The average Bonchev–Trinajstić information content (AvgIpc) is 3.01. The Morgan fingerprint density at radius 2 is 2.25 bits per heavy atom. The van der Waals surface area contributed by atoms with Crippen LogP contribution in [0.25, 0.3) is 0 Å². The second-order valence-electron chi connectivity index (χ2n) is 5.33. The molecule has 2 rings (SSSR count). The van der Waals surface area contributed by atoms with Crippen molar-refractivity contribution in [2.75, 3.05) is 13.1 Å². The van der Waals surface area contributed by atoms with Crippen molar-refractivity contribution in [3.8, 4) is 0 Å². The highest BCUT2D eigenvalue weighted by Crippen LogP contribution is 2.37. The van der Waals surface area contributed by atoms with Gasteiger partial charge in [0, 0.05) is 18.6 Å². The third kappa shape index (κ3) is 2.09. The molecule has 0 spiro atoms. The van der Waals surface area contributed by atoms with E-state index in [1.165, 1.54) is 12.8 Å². The van der Waals surface area contributed by atoms with E-state index in [-0.39, 0.29) is 5.91 Å². The molecule has 2 fully saturated rings. The number of likely N-dealkylation sites (tertiary alicyclic amines) is 1. The van der Waals surface area contributed by atoms with Crippen LogP contribution in [0.2, 0.25) is 0 Å². The maximum absolute atomic E-state index is 11.7. The highest BCUT2D eigenvalue weighted by atomic mass is 16.1. The number of nitrogens with one attached hydrogen (secondary N) is 1. The molecule has 92 valence electrons. The Morgan fingerprint density at radius 3 is 2.75 bits per heavy atom. The van der Waals surface area contributed by atoms with Crippen molar-refractivity contribution in [3.05, 3.63) is 0 Å². The summed E-state index contributed by atoms with van der Waals surface area (Å²) < 4.78 is 0. The molecule has 2 aliphatic rings. The van der Waals surface area contributed by atoms with Crippen LogP contribution in [-0.4, -0.2) is 41.5 Å². The zero-order valence-electron chi connectivity index (χ0n) is 10.3. The van der Waals surface area contributed by atoms with E-state index in [4.69, 9.17) is 5.73 Å². The predicted molar refractivity (Wildman–Crippen MR) is 64.0 cm³/mol. The number of rotatable bonds is 5. The van der Waals surface area contributed by atoms with E-state index in [9.17, 15) is 4.79 Å². The molecule has 1 aliphatic carbocycles. The van der Waals surface area contributed by atoms with Crippen LogP contribution in [0.1, 0.15) is 39.5 Å². The molecule has 0 bridgehead atoms. The fraction of sp³-hybridized carbons (Fsp3) is 0.917. The molecule has 2 unspecified atom stereocenters. The van der Waals surface area contributed by atoms with E-state index >= 15 is 0 Å². The molecule has 2 atom stereocenters. The minimum absolute atomic E-state index is 0.184. The van der Waals surface area contributed by atoms with Gasteiger partial charge >= 0.3 is 0 Å². The molecule has 1 saturated heterocycles. The molecular formula is C12H23N3O. The lowest BCUT2D eigenvalue weighted by Crippen LogP contribution is -2.57. The Labute approximate surface area is 97.6 Å². The average molecular weight is 225 g/mol. The first-order valence-electron chi connectivity index (χ1n) is 6.40. The van der Waals surface area contributed by atoms with Crippen LogP contribution in [0.3, 0.4) is 0 Å². The maximum Gasteiger partial charge on any atom is 0.239 e. The lowest BCUT2D eigenvalue weighted by Gasteiger charge is -2.27. The first-order valence-corrected chi connectivity index (χ1v) is 6.40. The second kappa shape index (κ2) is 4.34. The van der Waals surface area contributed by atoms with Crippen LogP contribution in [0.15, 0.2) is 0 Å². The minimum atomic E-state index is -0.474. The fourth-order valence-electron chi connectivity index (χ4n) is 2.81. The van der Waals surface area contributed by atoms with E-state index in [2.05, 4.69) is 24.1 Å². The Kier molecular flexibility index (Phi) is 3.22. The highest BCUT2D eigenvalue weighted by molar-refractivity contribution is 5.85. The van der Waals surface area contributed by atoms with Gasteiger partial charge in [-0.05, 0) is 39.2 Å². The van der Waals surface area contributed by atoms with Crippen LogP contribution in [0.5, 0.6) is 0 Å². The van der Waals surface area contributed by atoms with Gasteiger partial charge in [-0.1, -0.05) is 6.92 Å². The number of primary amides is 1. The monoisotopic (exact) mass is 225 g/mol. The molecule has 0 aromatic rings. The van der Waals surface area contributed by atoms with E-state index in [1.54, 1.807) is 0 Å². The van der Waals surface area contributed by atoms with Gasteiger partial charge in [0.05, 0.1) is 0 Å². The summed E-state index contributed by atoms with van der Waals surface area (Å²) in [5.74, 6) is -0.184. The highest BCUT2D eigenvalue weighted by Gasteiger charge is 2.49. The molecule has 0 aromatic carbocycles.